The second-order valence-electron chi connectivity index (χ2n) is 2.30. The largest absolute Gasteiger partial charge is 0.352 e. The zero-order valence-electron chi connectivity index (χ0n) is 7.06. The van der Waals surface area contributed by atoms with E-state index >= 15 is 0 Å². The van der Waals surface area contributed by atoms with Crippen molar-refractivity contribution in [2.75, 3.05) is 6.54 Å². The molecule has 0 spiro atoms. The highest BCUT2D eigenvalue weighted by molar-refractivity contribution is 6.31. The van der Waals surface area contributed by atoms with Gasteiger partial charge in [-0.3, -0.25) is 4.79 Å². The lowest BCUT2D eigenvalue weighted by Crippen LogP contribution is -2.21. The molecule has 12 heavy (non-hydrogen) atoms. The van der Waals surface area contributed by atoms with Gasteiger partial charge in [-0.05, 0) is 11.6 Å². The summed E-state index contributed by atoms with van der Waals surface area (Å²) in [4.78, 5) is 10.5. The average Bonchev–Trinajstić information content (AvgIpc) is 2.00. The van der Waals surface area contributed by atoms with Gasteiger partial charge in [0, 0.05) is 18.5 Å². The van der Waals surface area contributed by atoms with Crippen LogP contribution in [-0.2, 0) is 4.79 Å². The second-order valence-corrected chi connectivity index (χ2v) is 2.74. The summed E-state index contributed by atoms with van der Waals surface area (Å²) in [7, 11) is 0. The van der Waals surface area contributed by atoms with E-state index in [0.717, 1.165) is 5.57 Å². The quantitative estimate of drug-likeness (QED) is 0.667. The minimum absolute atomic E-state index is 0.0840. The highest BCUT2D eigenvalue weighted by atomic mass is 35.5. The van der Waals surface area contributed by atoms with Crippen molar-refractivity contribution < 1.29 is 4.79 Å². The van der Waals surface area contributed by atoms with Crippen LogP contribution in [0.2, 0.25) is 0 Å². The Morgan fingerprint density at radius 2 is 2.25 bits per heavy atom. The molecule has 0 aromatic carbocycles. The maximum absolute atomic E-state index is 10.5. The van der Waals surface area contributed by atoms with Crippen LogP contribution in [0.25, 0.3) is 0 Å². The monoisotopic (exact) mass is 185 g/mol. The summed E-state index contributed by atoms with van der Waals surface area (Å²) in [6.45, 7) is 9.04. The molecule has 0 rings (SSSR count). The van der Waals surface area contributed by atoms with Crippen LogP contribution in [0.5, 0.6) is 0 Å². The summed E-state index contributed by atoms with van der Waals surface area (Å²) < 4.78 is 0. The van der Waals surface area contributed by atoms with Gasteiger partial charge in [-0.25, -0.2) is 0 Å². The number of allylic oxidation sites excluding steroid dienone is 2. The van der Waals surface area contributed by atoms with E-state index in [4.69, 9.17) is 11.6 Å². The van der Waals surface area contributed by atoms with Crippen molar-refractivity contribution in [2.24, 2.45) is 0 Å². The molecule has 1 N–H and O–H groups in total. The molecule has 0 bridgehead atoms. The van der Waals surface area contributed by atoms with Crippen molar-refractivity contribution in [2.45, 2.75) is 6.92 Å². The minimum atomic E-state index is -0.0840. The van der Waals surface area contributed by atoms with Gasteiger partial charge in [0.05, 0.1) is 0 Å². The lowest BCUT2D eigenvalue weighted by atomic mass is 10.2. The molecule has 0 aliphatic heterocycles. The SMILES string of the molecule is C=C/C(Cl)=C\C(=C)CNC(C)=O. The van der Waals surface area contributed by atoms with Crippen LogP contribution in [0.1, 0.15) is 6.92 Å². The van der Waals surface area contributed by atoms with E-state index in [1.807, 2.05) is 0 Å². The topological polar surface area (TPSA) is 29.1 Å². The molecule has 0 saturated carbocycles. The number of amides is 1. The number of hydrogen-bond acceptors (Lipinski definition) is 1. The fourth-order valence-electron chi connectivity index (χ4n) is 0.543. The number of rotatable bonds is 4. The molecular formula is C9H12ClNO. The van der Waals surface area contributed by atoms with Crippen molar-refractivity contribution in [3.63, 3.8) is 0 Å². The predicted octanol–water partition coefficient (Wildman–Crippen LogP) is 1.99. The van der Waals surface area contributed by atoms with E-state index in [1.165, 1.54) is 13.0 Å². The zero-order valence-corrected chi connectivity index (χ0v) is 7.82. The Morgan fingerprint density at radius 1 is 1.67 bits per heavy atom. The fraction of sp³-hybridized carbons (Fsp3) is 0.222. The van der Waals surface area contributed by atoms with Crippen LogP contribution in [0.4, 0.5) is 0 Å². The Labute approximate surface area is 77.6 Å². The second kappa shape index (κ2) is 5.61. The maximum Gasteiger partial charge on any atom is 0.217 e. The fourth-order valence-corrected chi connectivity index (χ4v) is 0.697. The van der Waals surface area contributed by atoms with Gasteiger partial charge in [0.1, 0.15) is 0 Å². The Morgan fingerprint density at radius 3 is 2.67 bits per heavy atom. The van der Waals surface area contributed by atoms with Gasteiger partial charge in [0.15, 0.2) is 0 Å². The Balaban J connectivity index is 3.89. The van der Waals surface area contributed by atoms with E-state index in [1.54, 1.807) is 6.08 Å². The third kappa shape index (κ3) is 5.74. The molecular weight excluding hydrogens is 174 g/mol. The zero-order chi connectivity index (χ0) is 9.56. The third-order valence-electron chi connectivity index (χ3n) is 1.10. The molecule has 0 saturated heterocycles. The first-order chi connectivity index (χ1) is 5.56. The molecule has 66 valence electrons. The highest BCUT2D eigenvalue weighted by Crippen LogP contribution is 2.05. The van der Waals surface area contributed by atoms with E-state index < -0.39 is 0 Å². The first-order valence-electron chi connectivity index (χ1n) is 3.48. The Hall–Kier alpha value is -1.02. The van der Waals surface area contributed by atoms with Gasteiger partial charge < -0.3 is 5.32 Å². The number of hydrogen-bond donors (Lipinski definition) is 1. The van der Waals surface area contributed by atoms with Gasteiger partial charge >= 0.3 is 0 Å². The third-order valence-corrected chi connectivity index (χ3v) is 1.36. The Kier molecular flexibility index (Phi) is 5.13. The molecule has 3 heteroatoms. The number of halogens is 1. The summed E-state index contributed by atoms with van der Waals surface area (Å²) in [5.74, 6) is -0.0840. The van der Waals surface area contributed by atoms with Crippen molar-refractivity contribution in [3.8, 4) is 0 Å². The van der Waals surface area contributed by atoms with Crippen LogP contribution in [-0.4, -0.2) is 12.5 Å². The van der Waals surface area contributed by atoms with Gasteiger partial charge in [0.25, 0.3) is 0 Å². The van der Waals surface area contributed by atoms with Crippen molar-refractivity contribution in [3.05, 3.63) is 35.9 Å². The molecule has 0 aromatic heterocycles. The summed E-state index contributed by atoms with van der Waals surface area (Å²) in [6, 6.07) is 0. The first kappa shape index (κ1) is 11.0. The predicted molar refractivity (Wildman–Crippen MR) is 52.0 cm³/mol. The molecule has 0 fully saturated rings. The van der Waals surface area contributed by atoms with Crippen molar-refractivity contribution >= 4 is 17.5 Å². The van der Waals surface area contributed by atoms with Crippen LogP contribution in [0.15, 0.2) is 35.9 Å². The molecule has 2 nitrogen and oxygen atoms in total. The molecule has 0 heterocycles. The summed E-state index contributed by atoms with van der Waals surface area (Å²) >= 11 is 5.64. The van der Waals surface area contributed by atoms with Crippen LogP contribution in [0.3, 0.4) is 0 Å². The normalized spacial score (nSPS) is 10.7. The maximum atomic E-state index is 10.5. The van der Waals surface area contributed by atoms with Gasteiger partial charge in [0.2, 0.25) is 5.91 Å². The van der Waals surface area contributed by atoms with E-state index in [-0.39, 0.29) is 5.91 Å². The molecule has 0 aliphatic carbocycles. The van der Waals surface area contributed by atoms with E-state index in [9.17, 15) is 4.79 Å². The lowest BCUT2D eigenvalue weighted by molar-refractivity contribution is -0.118. The van der Waals surface area contributed by atoms with Gasteiger partial charge in [-0.15, -0.1) is 0 Å². The number of carbonyl (C=O) groups is 1. The van der Waals surface area contributed by atoms with Crippen LogP contribution >= 0.6 is 11.6 Å². The first-order valence-corrected chi connectivity index (χ1v) is 3.86. The van der Waals surface area contributed by atoms with E-state index in [0.29, 0.717) is 11.6 Å². The number of carbonyl (C=O) groups excluding carboxylic acids is 1. The molecule has 1 amide bonds. The molecule has 0 atom stereocenters. The number of nitrogens with one attached hydrogen (secondary N) is 1. The Bertz CT molecular complexity index is 231. The highest BCUT2D eigenvalue weighted by Gasteiger charge is 1.92. The summed E-state index contributed by atoms with van der Waals surface area (Å²) in [5, 5.41) is 3.12. The standard InChI is InChI=1S/C9H12ClNO/c1-4-9(10)5-7(2)6-11-8(3)12/h4-5H,1-2,6H2,3H3,(H,11,12)/b9-5+. The lowest BCUT2D eigenvalue weighted by Gasteiger charge is -2.00. The minimum Gasteiger partial charge on any atom is -0.352 e. The van der Waals surface area contributed by atoms with Crippen molar-refractivity contribution in [1.29, 1.82) is 0 Å². The van der Waals surface area contributed by atoms with E-state index in [2.05, 4.69) is 18.5 Å². The molecule has 0 unspecified atom stereocenters. The van der Waals surface area contributed by atoms with Crippen LogP contribution in [0, 0.1) is 0 Å². The van der Waals surface area contributed by atoms with Crippen LogP contribution < -0.4 is 5.32 Å². The molecule has 0 radical (unpaired) electrons. The summed E-state index contributed by atoms with van der Waals surface area (Å²) in [6.07, 6.45) is 3.17. The van der Waals surface area contributed by atoms with Gasteiger partial charge in [-0.1, -0.05) is 30.8 Å². The van der Waals surface area contributed by atoms with Gasteiger partial charge in [-0.2, -0.15) is 0 Å². The molecule has 0 aliphatic rings. The smallest absolute Gasteiger partial charge is 0.217 e. The van der Waals surface area contributed by atoms with Crippen molar-refractivity contribution in [1.82, 2.24) is 5.32 Å². The average molecular weight is 186 g/mol. The molecule has 0 aromatic rings. The summed E-state index contributed by atoms with van der Waals surface area (Å²) in [5.41, 5.74) is 0.745.